The minimum atomic E-state index is 0. The molecule has 1 aromatic rings. The molecule has 1 unspecified atom stereocenters. The van der Waals surface area contributed by atoms with Crippen molar-refractivity contribution < 1.29 is 4.74 Å². The minimum Gasteiger partial charge on any atom is -0.497 e. The van der Waals surface area contributed by atoms with Gasteiger partial charge in [0.25, 0.3) is 0 Å². The number of methoxy groups -OCH3 is 1. The highest BCUT2D eigenvalue weighted by Crippen LogP contribution is 2.26. The third-order valence-corrected chi connectivity index (χ3v) is 4.20. The molecule has 0 saturated heterocycles. The van der Waals surface area contributed by atoms with Crippen molar-refractivity contribution in [2.45, 2.75) is 38.4 Å². The van der Waals surface area contributed by atoms with Gasteiger partial charge in [0, 0.05) is 32.2 Å². The van der Waals surface area contributed by atoms with Crippen LogP contribution in [0.5, 0.6) is 5.75 Å². The van der Waals surface area contributed by atoms with Crippen molar-refractivity contribution >= 4 is 29.9 Å². The Labute approximate surface area is 156 Å². The van der Waals surface area contributed by atoms with E-state index >= 15 is 0 Å². The van der Waals surface area contributed by atoms with Crippen LogP contribution in [0, 0.1) is 0 Å². The van der Waals surface area contributed by atoms with E-state index in [1.807, 2.05) is 18.2 Å². The lowest BCUT2D eigenvalue weighted by Gasteiger charge is -2.25. The molecule has 5 nitrogen and oxygen atoms in total. The fourth-order valence-electron chi connectivity index (χ4n) is 2.42. The monoisotopic (exact) mass is 432 g/mol. The van der Waals surface area contributed by atoms with Crippen molar-refractivity contribution in [1.82, 2.24) is 15.5 Å². The highest BCUT2D eigenvalue weighted by Gasteiger charge is 2.28. The van der Waals surface area contributed by atoms with Crippen molar-refractivity contribution in [3.05, 3.63) is 29.8 Å². The molecule has 0 radical (unpaired) electrons. The first kappa shape index (κ1) is 20.0. The lowest BCUT2D eigenvalue weighted by molar-refractivity contribution is 0.247. The Balaban J connectivity index is 0.00000264. The van der Waals surface area contributed by atoms with E-state index in [1.165, 1.54) is 18.4 Å². The van der Waals surface area contributed by atoms with Crippen molar-refractivity contribution in [2.75, 3.05) is 27.7 Å². The Morgan fingerprint density at radius 2 is 2.13 bits per heavy atom. The molecular weight excluding hydrogens is 403 g/mol. The van der Waals surface area contributed by atoms with E-state index in [1.54, 1.807) is 14.2 Å². The van der Waals surface area contributed by atoms with Gasteiger partial charge in [-0.1, -0.05) is 12.1 Å². The van der Waals surface area contributed by atoms with E-state index in [4.69, 9.17) is 4.74 Å². The molecule has 130 valence electrons. The number of nitrogens with one attached hydrogen (secondary N) is 2. The lowest BCUT2D eigenvalue weighted by Crippen LogP contribution is -2.45. The van der Waals surface area contributed by atoms with Crippen molar-refractivity contribution in [2.24, 2.45) is 4.99 Å². The van der Waals surface area contributed by atoms with Crippen LogP contribution in [0.25, 0.3) is 0 Å². The van der Waals surface area contributed by atoms with Crippen molar-refractivity contribution in [1.29, 1.82) is 0 Å². The predicted molar refractivity (Wildman–Crippen MR) is 107 cm³/mol. The van der Waals surface area contributed by atoms with Gasteiger partial charge < -0.3 is 15.4 Å². The summed E-state index contributed by atoms with van der Waals surface area (Å²) in [5.41, 5.74) is 1.17. The molecule has 0 amide bonds. The smallest absolute Gasteiger partial charge is 0.191 e. The zero-order chi connectivity index (χ0) is 15.9. The predicted octanol–water partition coefficient (Wildman–Crippen LogP) is 2.46. The van der Waals surface area contributed by atoms with E-state index in [9.17, 15) is 0 Å². The number of nitrogens with zero attached hydrogens (tertiary/aromatic N) is 2. The molecule has 0 aliphatic heterocycles. The minimum absolute atomic E-state index is 0. The molecule has 2 N–H and O–H groups in total. The molecule has 1 aliphatic carbocycles. The van der Waals surface area contributed by atoms with Crippen LogP contribution in [0.3, 0.4) is 0 Å². The highest BCUT2D eigenvalue weighted by atomic mass is 127. The second-order valence-corrected chi connectivity index (χ2v) is 5.90. The maximum atomic E-state index is 5.24. The van der Waals surface area contributed by atoms with E-state index in [-0.39, 0.29) is 24.0 Å². The van der Waals surface area contributed by atoms with Gasteiger partial charge in [0.05, 0.1) is 7.11 Å². The zero-order valence-electron chi connectivity index (χ0n) is 14.5. The summed E-state index contributed by atoms with van der Waals surface area (Å²) in [5, 5.41) is 6.74. The van der Waals surface area contributed by atoms with Crippen LogP contribution in [0.15, 0.2) is 29.3 Å². The molecule has 1 aromatic carbocycles. The van der Waals surface area contributed by atoms with Gasteiger partial charge in [0.1, 0.15) is 5.75 Å². The lowest BCUT2D eigenvalue weighted by atomic mass is 10.2. The number of ether oxygens (including phenoxy) is 1. The molecule has 0 spiro atoms. The topological polar surface area (TPSA) is 48.9 Å². The van der Waals surface area contributed by atoms with Gasteiger partial charge >= 0.3 is 0 Å². The van der Waals surface area contributed by atoms with Gasteiger partial charge in [-0.3, -0.25) is 9.89 Å². The molecule has 1 fully saturated rings. The molecule has 2 rings (SSSR count). The Hall–Kier alpha value is -1.02. The van der Waals surface area contributed by atoms with Gasteiger partial charge in [0.15, 0.2) is 5.96 Å². The Bertz CT molecular complexity index is 505. The summed E-state index contributed by atoms with van der Waals surface area (Å²) in [4.78, 5) is 6.73. The fraction of sp³-hybridized carbons (Fsp3) is 0.588. The first-order chi connectivity index (χ1) is 10.6. The summed E-state index contributed by atoms with van der Waals surface area (Å²) >= 11 is 0. The van der Waals surface area contributed by atoms with Crippen molar-refractivity contribution in [3.63, 3.8) is 0 Å². The first-order valence-electron chi connectivity index (χ1n) is 7.93. The average molecular weight is 432 g/mol. The molecule has 1 atom stereocenters. The maximum absolute atomic E-state index is 5.24. The Morgan fingerprint density at radius 3 is 2.74 bits per heavy atom. The van der Waals surface area contributed by atoms with E-state index in [2.05, 4.69) is 40.6 Å². The number of hydrogen-bond donors (Lipinski definition) is 2. The number of benzene rings is 1. The Kier molecular flexibility index (Phi) is 8.68. The normalized spacial score (nSPS) is 15.8. The number of likely N-dealkylation sites (N-methyl/N-ethyl adjacent to an activating group) is 1. The summed E-state index contributed by atoms with van der Waals surface area (Å²) in [6.07, 6.45) is 2.67. The average Bonchev–Trinajstić information content (AvgIpc) is 3.39. The summed E-state index contributed by atoms with van der Waals surface area (Å²) in [7, 11) is 5.69. The van der Waals surface area contributed by atoms with Crippen LogP contribution in [-0.2, 0) is 6.54 Å². The SMILES string of the molecule is CN=C(NCc1cccc(OC)c1)NCC(C)N(C)C1CC1.I. The summed E-state index contributed by atoms with van der Waals surface area (Å²) in [5.74, 6) is 1.71. The number of guanidine groups is 1. The van der Waals surface area contributed by atoms with E-state index < -0.39 is 0 Å². The van der Waals surface area contributed by atoms with Crippen LogP contribution < -0.4 is 15.4 Å². The van der Waals surface area contributed by atoms with E-state index in [0.29, 0.717) is 6.04 Å². The zero-order valence-corrected chi connectivity index (χ0v) is 16.8. The summed E-state index contributed by atoms with van der Waals surface area (Å²) < 4.78 is 5.24. The maximum Gasteiger partial charge on any atom is 0.191 e. The molecule has 0 heterocycles. The number of rotatable bonds is 7. The molecule has 6 heteroatoms. The molecule has 0 bridgehead atoms. The van der Waals surface area contributed by atoms with Crippen LogP contribution in [0.4, 0.5) is 0 Å². The molecule has 0 aromatic heterocycles. The van der Waals surface area contributed by atoms with Crippen LogP contribution in [0.1, 0.15) is 25.3 Å². The van der Waals surface area contributed by atoms with Gasteiger partial charge in [0.2, 0.25) is 0 Å². The number of hydrogen-bond acceptors (Lipinski definition) is 3. The third-order valence-electron chi connectivity index (χ3n) is 4.20. The van der Waals surface area contributed by atoms with Gasteiger partial charge in [-0.05, 0) is 44.5 Å². The Morgan fingerprint density at radius 1 is 1.39 bits per heavy atom. The second kappa shape index (κ2) is 9.97. The standard InChI is InChI=1S/C17H28N4O.HI/c1-13(21(3)15-8-9-15)11-19-17(18-2)20-12-14-6-5-7-16(10-14)22-4;/h5-7,10,13,15H,8-9,11-12H2,1-4H3,(H2,18,19,20);1H. The fourth-order valence-corrected chi connectivity index (χ4v) is 2.42. The van der Waals surface area contributed by atoms with Crippen LogP contribution in [0.2, 0.25) is 0 Å². The van der Waals surface area contributed by atoms with Gasteiger partial charge in [-0.25, -0.2) is 0 Å². The van der Waals surface area contributed by atoms with Gasteiger partial charge in [-0.2, -0.15) is 0 Å². The largest absolute Gasteiger partial charge is 0.497 e. The summed E-state index contributed by atoms with van der Waals surface area (Å²) in [6.45, 7) is 3.87. The van der Waals surface area contributed by atoms with E-state index in [0.717, 1.165) is 30.8 Å². The quantitative estimate of drug-likeness (QED) is 0.395. The van der Waals surface area contributed by atoms with Crippen molar-refractivity contribution in [3.8, 4) is 5.75 Å². The number of aliphatic imine (C=N–C) groups is 1. The molecular formula is C17H29IN4O. The second-order valence-electron chi connectivity index (χ2n) is 5.90. The molecule has 1 aliphatic rings. The summed E-state index contributed by atoms with van der Waals surface area (Å²) in [6, 6.07) is 9.34. The third kappa shape index (κ3) is 6.55. The van der Waals surface area contributed by atoms with Crippen LogP contribution in [-0.4, -0.2) is 50.7 Å². The molecule has 23 heavy (non-hydrogen) atoms. The van der Waals surface area contributed by atoms with Gasteiger partial charge in [-0.15, -0.1) is 24.0 Å². The first-order valence-corrected chi connectivity index (χ1v) is 7.93. The van der Waals surface area contributed by atoms with Crippen LogP contribution >= 0.6 is 24.0 Å². The molecule has 1 saturated carbocycles. The number of halogens is 1. The highest BCUT2D eigenvalue weighted by molar-refractivity contribution is 14.0.